The van der Waals surface area contributed by atoms with Crippen LogP contribution < -0.4 is 10.2 Å². The highest BCUT2D eigenvalue weighted by Crippen LogP contribution is 2.35. The average molecular weight is 321 g/mol. The van der Waals surface area contributed by atoms with Gasteiger partial charge in [0.05, 0.1) is 18.3 Å². The van der Waals surface area contributed by atoms with E-state index in [1.54, 1.807) is 4.90 Å². The van der Waals surface area contributed by atoms with Gasteiger partial charge in [0.1, 0.15) is 5.82 Å². The van der Waals surface area contributed by atoms with Gasteiger partial charge in [0, 0.05) is 19.7 Å². The van der Waals surface area contributed by atoms with Crippen molar-refractivity contribution in [2.75, 3.05) is 18.5 Å². The molecule has 0 spiro atoms. The van der Waals surface area contributed by atoms with Crippen molar-refractivity contribution in [1.29, 1.82) is 0 Å². The molecule has 1 aromatic heterocycles. The maximum absolute atomic E-state index is 12.2. The predicted molar refractivity (Wildman–Crippen MR) is 89.5 cm³/mol. The molecule has 0 saturated heterocycles. The third-order valence-corrected chi connectivity index (χ3v) is 4.03. The number of nitrogens with zero attached hydrogens (tertiary/aromatic N) is 3. The van der Waals surface area contributed by atoms with E-state index in [-0.39, 0.29) is 24.4 Å². The molecule has 0 aliphatic carbocycles. The van der Waals surface area contributed by atoms with E-state index in [2.05, 4.69) is 29.5 Å². The fourth-order valence-electron chi connectivity index (χ4n) is 3.00. The van der Waals surface area contributed by atoms with Gasteiger partial charge >= 0.3 is 0 Å². The molecule has 118 valence electrons. The molecule has 0 saturated carbocycles. The maximum atomic E-state index is 12.2. The Kier molecular flexibility index (Phi) is 4.88. The van der Waals surface area contributed by atoms with Gasteiger partial charge in [-0.25, -0.2) is 0 Å². The Hall–Kier alpha value is -1.85. The molecule has 1 N–H and O–H groups in total. The number of anilines is 1. The van der Waals surface area contributed by atoms with Gasteiger partial charge in [0.25, 0.3) is 0 Å². The van der Waals surface area contributed by atoms with Crippen molar-refractivity contribution in [3.05, 3.63) is 47.2 Å². The molecule has 1 aliphatic rings. The van der Waals surface area contributed by atoms with Crippen LogP contribution in [0.15, 0.2) is 30.3 Å². The highest BCUT2D eigenvalue weighted by atomic mass is 35.5. The third-order valence-electron chi connectivity index (χ3n) is 4.03. The molecule has 1 unspecified atom stereocenters. The van der Waals surface area contributed by atoms with E-state index in [9.17, 15) is 4.79 Å². The molecule has 0 bridgehead atoms. The Morgan fingerprint density at radius 3 is 2.59 bits per heavy atom. The Bertz CT molecular complexity index is 668. The van der Waals surface area contributed by atoms with E-state index in [1.807, 2.05) is 37.0 Å². The summed E-state index contributed by atoms with van der Waals surface area (Å²) in [7, 11) is 3.71. The van der Waals surface area contributed by atoms with Crippen molar-refractivity contribution < 1.29 is 4.79 Å². The summed E-state index contributed by atoms with van der Waals surface area (Å²) in [5.41, 5.74) is 3.31. The Labute approximate surface area is 136 Å². The molecule has 1 amide bonds. The number of hydrogen-bond acceptors (Lipinski definition) is 3. The summed E-state index contributed by atoms with van der Waals surface area (Å²) >= 11 is 0. The monoisotopic (exact) mass is 320 g/mol. The van der Waals surface area contributed by atoms with Gasteiger partial charge in [-0.15, -0.1) is 12.4 Å². The summed E-state index contributed by atoms with van der Waals surface area (Å²) in [4.78, 5) is 13.9. The molecule has 22 heavy (non-hydrogen) atoms. The molecule has 1 aliphatic heterocycles. The summed E-state index contributed by atoms with van der Waals surface area (Å²) < 4.78 is 1.81. The summed E-state index contributed by atoms with van der Waals surface area (Å²) in [6, 6.07) is 10.2. The first-order valence-electron chi connectivity index (χ1n) is 7.24. The molecule has 2 aromatic rings. The van der Waals surface area contributed by atoms with Crippen molar-refractivity contribution in [3.63, 3.8) is 0 Å². The summed E-state index contributed by atoms with van der Waals surface area (Å²) in [6.07, 6.45) is 0.843. The number of carbonyl (C=O) groups is 1. The predicted octanol–water partition coefficient (Wildman–Crippen LogP) is 2.06. The first kappa shape index (κ1) is 16.5. The van der Waals surface area contributed by atoms with Crippen LogP contribution in [0.5, 0.6) is 0 Å². The lowest BCUT2D eigenvalue weighted by Gasteiger charge is -2.18. The van der Waals surface area contributed by atoms with Crippen LogP contribution in [-0.4, -0.2) is 29.3 Å². The Morgan fingerprint density at radius 2 is 1.95 bits per heavy atom. The zero-order valence-corrected chi connectivity index (χ0v) is 13.9. The van der Waals surface area contributed by atoms with Gasteiger partial charge in [-0.1, -0.05) is 37.3 Å². The maximum Gasteiger partial charge on any atom is 0.241 e. The van der Waals surface area contributed by atoms with Crippen LogP contribution in [0.2, 0.25) is 0 Å². The fourth-order valence-corrected chi connectivity index (χ4v) is 3.00. The zero-order chi connectivity index (χ0) is 15.0. The number of rotatable bonds is 2. The number of fused-ring (bicyclic) bond motifs is 1. The third kappa shape index (κ3) is 2.62. The molecule has 1 atom stereocenters. The summed E-state index contributed by atoms with van der Waals surface area (Å²) in [5.74, 6) is 0.941. The Balaban J connectivity index is 0.00000176. The minimum Gasteiger partial charge on any atom is -0.299 e. The molecule has 2 heterocycles. The smallest absolute Gasteiger partial charge is 0.241 e. The van der Waals surface area contributed by atoms with Crippen LogP contribution in [0.1, 0.15) is 29.8 Å². The van der Waals surface area contributed by atoms with Crippen molar-refractivity contribution in [2.45, 2.75) is 19.4 Å². The van der Waals surface area contributed by atoms with Crippen LogP contribution in [0.25, 0.3) is 0 Å². The quantitative estimate of drug-likeness (QED) is 0.921. The summed E-state index contributed by atoms with van der Waals surface area (Å²) in [5, 5.41) is 7.97. The zero-order valence-electron chi connectivity index (χ0n) is 13.0. The van der Waals surface area contributed by atoms with Crippen LogP contribution in [0, 0.1) is 0 Å². The Morgan fingerprint density at radius 1 is 1.27 bits per heavy atom. The lowest BCUT2D eigenvalue weighted by atomic mass is 9.97. The number of aryl methyl sites for hydroxylation is 2. The topological polar surface area (TPSA) is 50.2 Å². The molecule has 1 aromatic carbocycles. The van der Waals surface area contributed by atoms with Crippen LogP contribution in [0.3, 0.4) is 0 Å². The first-order chi connectivity index (χ1) is 10.1. The van der Waals surface area contributed by atoms with Crippen molar-refractivity contribution >= 4 is 24.1 Å². The molecule has 0 fully saturated rings. The number of halogens is 1. The van der Waals surface area contributed by atoms with Crippen molar-refractivity contribution in [3.8, 4) is 0 Å². The second-order valence-corrected chi connectivity index (χ2v) is 5.34. The number of hydrogen-bond donors (Lipinski definition) is 1. The minimum absolute atomic E-state index is 0. The second-order valence-electron chi connectivity index (χ2n) is 5.34. The number of amides is 1. The second kappa shape index (κ2) is 6.50. The SMILES string of the molecule is CCc1nn(C)c2c1C(c1ccccc1)NCC(=O)N2C.Cl. The molecular formula is C16H21ClN4O. The first-order valence-corrected chi connectivity index (χ1v) is 7.24. The van der Waals surface area contributed by atoms with Gasteiger partial charge in [0.2, 0.25) is 5.91 Å². The van der Waals surface area contributed by atoms with Crippen molar-refractivity contribution in [1.82, 2.24) is 15.1 Å². The normalized spacial score (nSPS) is 17.7. The van der Waals surface area contributed by atoms with E-state index >= 15 is 0 Å². The lowest BCUT2D eigenvalue weighted by molar-refractivity contribution is -0.117. The van der Waals surface area contributed by atoms with Gasteiger partial charge in [-0.3, -0.25) is 19.7 Å². The largest absolute Gasteiger partial charge is 0.299 e. The van der Waals surface area contributed by atoms with Gasteiger partial charge < -0.3 is 0 Å². The van der Waals surface area contributed by atoms with E-state index in [0.717, 1.165) is 29.1 Å². The molecule has 3 rings (SSSR count). The van der Waals surface area contributed by atoms with E-state index in [0.29, 0.717) is 6.54 Å². The number of nitrogens with one attached hydrogen (secondary N) is 1. The highest BCUT2D eigenvalue weighted by molar-refractivity contribution is 5.95. The van der Waals surface area contributed by atoms with E-state index < -0.39 is 0 Å². The average Bonchev–Trinajstić information content (AvgIpc) is 2.77. The minimum atomic E-state index is -0.00116. The molecular weight excluding hydrogens is 300 g/mol. The highest BCUT2D eigenvalue weighted by Gasteiger charge is 2.32. The van der Waals surface area contributed by atoms with Gasteiger partial charge in [0.15, 0.2) is 0 Å². The van der Waals surface area contributed by atoms with Crippen LogP contribution in [0.4, 0.5) is 5.82 Å². The van der Waals surface area contributed by atoms with E-state index in [4.69, 9.17) is 0 Å². The number of likely N-dealkylation sites (N-methyl/N-ethyl adjacent to an activating group) is 1. The number of carbonyl (C=O) groups excluding carboxylic acids is 1. The lowest BCUT2D eigenvalue weighted by Crippen LogP contribution is -2.34. The summed E-state index contributed by atoms with van der Waals surface area (Å²) in [6.45, 7) is 2.42. The van der Waals surface area contributed by atoms with Gasteiger partial charge in [-0.05, 0) is 12.0 Å². The van der Waals surface area contributed by atoms with Crippen molar-refractivity contribution in [2.24, 2.45) is 7.05 Å². The standard InChI is InChI=1S/C16H20N4O.ClH/c1-4-12-14-15(11-8-6-5-7-9-11)17-10-13(21)19(2)16(14)20(3)18-12;/h5-9,15,17H,4,10H2,1-3H3;1H. The molecule has 6 heteroatoms. The number of aromatic nitrogens is 2. The van der Waals surface area contributed by atoms with E-state index in [1.165, 1.54) is 0 Å². The molecule has 0 radical (unpaired) electrons. The number of benzene rings is 1. The van der Waals surface area contributed by atoms with Gasteiger partial charge in [-0.2, -0.15) is 5.10 Å². The fraction of sp³-hybridized carbons (Fsp3) is 0.375. The molecule has 5 nitrogen and oxygen atoms in total. The van der Waals surface area contributed by atoms with Crippen LogP contribution >= 0.6 is 12.4 Å². The van der Waals surface area contributed by atoms with Crippen LogP contribution in [-0.2, 0) is 18.3 Å².